The fourth-order valence-electron chi connectivity index (χ4n) is 4.89. The summed E-state index contributed by atoms with van der Waals surface area (Å²) in [5, 5.41) is 11.7. The number of aliphatic carboxylic acids is 1. The molecule has 0 saturated heterocycles. The zero-order valence-corrected chi connectivity index (χ0v) is 24.0. The Morgan fingerprint density at radius 3 is 2.36 bits per heavy atom. The molecule has 0 aliphatic rings. The molecule has 238 valence electrons. The van der Waals surface area contributed by atoms with Crippen molar-refractivity contribution in [3.63, 3.8) is 0 Å². The van der Waals surface area contributed by atoms with E-state index in [9.17, 15) is 27.6 Å². The number of carboxylic acid groups (broad SMARTS) is 1. The minimum atomic E-state index is -5.02. The molecule has 0 aliphatic carbocycles. The first-order valence-corrected chi connectivity index (χ1v) is 13.5. The second-order valence-electron chi connectivity index (χ2n) is 9.86. The van der Waals surface area contributed by atoms with Crippen LogP contribution in [0.25, 0.3) is 11.1 Å². The van der Waals surface area contributed by atoms with Gasteiger partial charge in [-0.05, 0) is 43.6 Å². The van der Waals surface area contributed by atoms with Crippen molar-refractivity contribution >= 4 is 5.97 Å². The van der Waals surface area contributed by atoms with Crippen LogP contribution in [0.15, 0.2) is 76.3 Å². The molecule has 45 heavy (non-hydrogen) atoms. The molecule has 1 aromatic heterocycles. The number of halogens is 5. The third-order valence-corrected chi connectivity index (χ3v) is 7.10. The molecule has 0 aliphatic heterocycles. The lowest BCUT2D eigenvalue weighted by Gasteiger charge is -2.23. The number of nitrogens with one attached hydrogen (secondary N) is 1. The quantitative estimate of drug-likeness (QED) is 0.199. The summed E-state index contributed by atoms with van der Waals surface area (Å²) in [6, 6.07) is 12.6. The van der Waals surface area contributed by atoms with Gasteiger partial charge in [0.25, 0.3) is 5.56 Å². The molecule has 0 radical (unpaired) electrons. The van der Waals surface area contributed by atoms with Crippen molar-refractivity contribution in [2.24, 2.45) is 0 Å². The summed E-state index contributed by atoms with van der Waals surface area (Å²) in [4.78, 5) is 39.5. The van der Waals surface area contributed by atoms with Crippen LogP contribution < -0.4 is 21.3 Å². The number of alkyl halides is 3. The molecular weight excluding hydrogens is 601 g/mol. The number of nitrogens with zero attached hydrogens (tertiary/aromatic N) is 2. The maximum atomic E-state index is 15.6. The number of benzene rings is 3. The highest BCUT2D eigenvalue weighted by molar-refractivity contribution is 5.68. The number of rotatable bonds is 12. The van der Waals surface area contributed by atoms with Gasteiger partial charge in [-0.2, -0.15) is 13.2 Å². The SMILES string of the molecule is [2H]C(CC([2H])([2H])N[C@@H](Cn1c(=O)c(-c2cccc(OC)c2F)c(C)n(Cc2c(F)cccc2C(F)(F)F)c1=O)c1ccccc1)C(=O)O. The fraction of sp³-hybridized carbons (Fsp3) is 0.281. The second-order valence-corrected chi connectivity index (χ2v) is 9.86. The van der Waals surface area contributed by atoms with E-state index in [0.29, 0.717) is 20.8 Å². The molecule has 3 aromatic carbocycles. The topological polar surface area (TPSA) is 103 Å². The number of carbonyl (C=O) groups is 1. The summed E-state index contributed by atoms with van der Waals surface area (Å²) in [7, 11) is 1.17. The summed E-state index contributed by atoms with van der Waals surface area (Å²) in [6.07, 6.45) is -7.74. The second kappa shape index (κ2) is 13.9. The number of carboxylic acids is 1. The van der Waals surface area contributed by atoms with Crippen LogP contribution in [0.3, 0.4) is 0 Å². The van der Waals surface area contributed by atoms with E-state index in [1.54, 1.807) is 18.2 Å². The third-order valence-electron chi connectivity index (χ3n) is 7.10. The van der Waals surface area contributed by atoms with E-state index in [1.807, 2.05) is 0 Å². The van der Waals surface area contributed by atoms with Gasteiger partial charge >= 0.3 is 17.8 Å². The lowest BCUT2D eigenvalue weighted by atomic mass is 10.0. The first-order valence-electron chi connectivity index (χ1n) is 15.0. The normalized spacial score (nSPS) is 14.2. The summed E-state index contributed by atoms with van der Waals surface area (Å²) in [5.74, 6) is -4.19. The van der Waals surface area contributed by atoms with Crippen molar-refractivity contribution in [2.75, 3.05) is 13.6 Å². The number of methoxy groups -OCH3 is 1. The highest BCUT2D eigenvalue weighted by Crippen LogP contribution is 2.34. The summed E-state index contributed by atoms with van der Waals surface area (Å²) in [6.45, 7) is -3.07. The van der Waals surface area contributed by atoms with E-state index in [0.717, 1.165) is 12.1 Å². The Morgan fingerprint density at radius 2 is 1.71 bits per heavy atom. The van der Waals surface area contributed by atoms with Crippen LogP contribution in [0.2, 0.25) is 0 Å². The number of ether oxygens (including phenoxy) is 1. The Bertz CT molecular complexity index is 1930. The summed E-state index contributed by atoms with van der Waals surface area (Å²) < 4.78 is 103. The predicted molar refractivity (Wildman–Crippen MR) is 156 cm³/mol. The molecule has 1 unspecified atom stereocenters. The molecule has 4 aromatic rings. The fourth-order valence-corrected chi connectivity index (χ4v) is 4.89. The van der Waals surface area contributed by atoms with Gasteiger partial charge in [-0.1, -0.05) is 48.5 Å². The van der Waals surface area contributed by atoms with E-state index in [-0.39, 0.29) is 17.0 Å². The standard InChI is InChI=1S/C32H30F5N3O5/c1-19-28(21-11-6-14-26(45-2)29(21)34)30(43)40(18-25(20-9-4-3-5-10-20)38-16-8-15-27(41)42)31(44)39(19)17-22-23(32(35,36)37)12-7-13-24(22)33/h3-7,9-14,25,38H,8,15-18H2,1-2H3,(H,41,42)/t25-/m0/s1/i15D,16D2/t15?,25-. The Kier molecular flexibility index (Phi) is 8.94. The van der Waals surface area contributed by atoms with Crippen molar-refractivity contribution in [1.29, 1.82) is 0 Å². The third kappa shape index (κ3) is 7.31. The van der Waals surface area contributed by atoms with Crippen molar-refractivity contribution in [2.45, 2.75) is 45.0 Å². The minimum absolute atomic E-state index is 0.288. The molecule has 0 saturated carbocycles. The molecule has 13 heteroatoms. The maximum absolute atomic E-state index is 15.6. The molecule has 0 fully saturated rings. The van der Waals surface area contributed by atoms with E-state index in [2.05, 4.69) is 5.32 Å². The summed E-state index contributed by atoms with van der Waals surface area (Å²) in [5.41, 5.74) is -5.42. The zero-order chi connectivity index (χ0) is 35.6. The van der Waals surface area contributed by atoms with Gasteiger partial charge in [0.05, 0.1) is 37.4 Å². The molecule has 2 atom stereocenters. The van der Waals surface area contributed by atoms with E-state index >= 15 is 8.78 Å². The first-order chi connectivity index (χ1) is 22.5. The average molecular weight is 635 g/mol. The van der Waals surface area contributed by atoms with E-state index < -0.39 is 90.2 Å². The Labute approximate surface area is 258 Å². The number of hydrogen-bond acceptors (Lipinski definition) is 5. The van der Waals surface area contributed by atoms with Crippen LogP contribution in [-0.2, 0) is 24.1 Å². The molecule has 8 nitrogen and oxygen atoms in total. The lowest BCUT2D eigenvalue weighted by molar-refractivity contribution is -0.138. The van der Waals surface area contributed by atoms with Crippen LogP contribution in [0.1, 0.15) is 45.4 Å². The van der Waals surface area contributed by atoms with E-state index in [1.165, 1.54) is 44.4 Å². The van der Waals surface area contributed by atoms with Crippen molar-refractivity contribution in [1.82, 2.24) is 14.5 Å². The zero-order valence-electron chi connectivity index (χ0n) is 27.0. The van der Waals surface area contributed by atoms with Gasteiger partial charge in [0.2, 0.25) is 0 Å². The van der Waals surface area contributed by atoms with E-state index in [4.69, 9.17) is 14.0 Å². The Hall–Kier alpha value is -4.78. The number of aromatic nitrogens is 2. The lowest BCUT2D eigenvalue weighted by Crippen LogP contribution is -2.45. The largest absolute Gasteiger partial charge is 0.494 e. The molecule has 4 rings (SSSR count). The monoisotopic (exact) mass is 634 g/mol. The highest BCUT2D eigenvalue weighted by atomic mass is 19.4. The molecule has 0 spiro atoms. The molecule has 2 N–H and O–H groups in total. The van der Waals surface area contributed by atoms with Crippen molar-refractivity contribution < 1.29 is 40.7 Å². The molecule has 1 heterocycles. The smallest absolute Gasteiger partial charge is 0.416 e. The van der Waals surface area contributed by atoms with Crippen molar-refractivity contribution in [3.05, 3.63) is 122 Å². The van der Waals surface area contributed by atoms with Crippen LogP contribution in [0.4, 0.5) is 22.0 Å². The molecule has 0 amide bonds. The molecular formula is C32H30F5N3O5. The van der Waals surface area contributed by atoms with Gasteiger partial charge in [0.15, 0.2) is 11.6 Å². The van der Waals surface area contributed by atoms with Gasteiger partial charge in [0, 0.05) is 27.3 Å². The highest BCUT2D eigenvalue weighted by Gasteiger charge is 2.35. The summed E-state index contributed by atoms with van der Waals surface area (Å²) >= 11 is 0. The van der Waals surface area contributed by atoms with Gasteiger partial charge in [-0.15, -0.1) is 0 Å². The van der Waals surface area contributed by atoms with Gasteiger partial charge in [-0.25, -0.2) is 13.6 Å². The Morgan fingerprint density at radius 1 is 1.02 bits per heavy atom. The van der Waals surface area contributed by atoms with Crippen LogP contribution >= 0.6 is 0 Å². The van der Waals surface area contributed by atoms with Gasteiger partial charge in [-0.3, -0.25) is 18.7 Å². The molecule has 0 bridgehead atoms. The number of hydrogen-bond donors (Lipinski definition) is 2. The maximum Gasteiger partial charge on any atom is 0.416 e. The average Bonchev–Trinajstić information content (AvgIpc) is 3.01. The van der Waals surface area contributed by atoms with Crippen LogP contribution in [-0.4, -0.2) is 33.8 Å². The van der Waals surface area contributed by atoms with Crippen molar-refractivity contribution in [3.8, 4) is 16.9 Å². The predicted octanol–water partition coefficient (Wildman–Crippen LogP) is 5.54. The van der Waals surface area contributed by atoms with Gasteiger partial charge in [0.1, 0.15) is 5.82 Å². The minimum Gasteiger partial charge on any atom is -0.494 e. The van der Waals surface area contributed by atoms with Gasteiger partial charge < -0.3 is 15.2 Å². The van der Waals surface area contributed by atoms with Crippen LogP contribution in [0, 0.1) is 18.6 Å². The first kappa shape index (κ1) is 29.0. The van der Waals surface area contributed by atoms with Crippen LogP contribution in [0.5, 0.6) is 5.75 Å². The Balaban J connectivity index is 1.99.